The van der Waals surface area contributed by atoms with Gasteiger partial charge >= 0.3 is 0 Å². The van der Waals surface area contributed by atoms with Crippen LogP contribution in [0.1, 0.15) is 17.0 Å². The molecule has 3 aromatic rings. The lowest BCUT2D eigenvalue weighted by molar-refractivity contribution is 1.06. The summed E-state index contributed by atoms with van der Waals surface area (Å²) in [5, 5.41) is 6.76. The minimum absolute atomic E-state index is 0.715. The second-order valence-corrected chi connectivity index (χ2v) is 6.70. The van der Waals surface area contributed by atoms with E-state index in [1.54, 1.807) is 0 Å². The van der Waals surface area contributed by atoms with E-state index in [0.29, 0.717) is 5.82 Å². The molecule has 2 aromatic carbocycles. The van der Waals surface area contributed by atoms with Gasteiger partial charge in [-0.25, -0.2) is 9.97 Å². The minimum Gasteiger partial charge on any atom is -0.378 e. The molecule has 0 amide bonds. The summed E-state index contributed by atoms with van der Waals surface area (Å²) in [4.78, 5) is 11.1. The molecule has 0 aliphatic carbocycles. The Morgan fingerprint density at radius 1 is 0.769 bits per heavy atom. The Bertz CT molecular complexity index is 901. The van der Waals surface area contributed by atoms with Crippen molar-refractivity contribution in [3.63, 3.8) is 0 Å². The molecule has 0 radical (unpaired) electrons. The number of aromatic nitrogens is 2. The molecular formula is C21H25N5. The maximum Gasteiger partial charge on any atom is 0.136 e. The van der Waals surface area contributed by atoms with E-state index < -0.39 is 0 Å². The summed E-state index contributed by atoms with van der Waals surface area (Å²) < 4.78 is 0. The van der Waals surface area contributed by atoms with Crippen LogP contribution in [0.5, 0.6) is 0 Å². The van der Waals surface area contributed by atoms with E-state index in [4.69, 9.17) is 0 Å². The fourth-order valence-corrected chi connectivity index (χ4v) is 2.70. The smallest absolute Gasteiger partial charge is 0.136 e. The van der Waals surface area contributed by atoms with Gasteiger partial charge in [-0.15, -0.1) is 0 Å². The van der Waals surface area contributed by atoms with Crippen molar-refractivity contribution >= 4 is 28.7 Å². The number of aryl methyl sites for hydroxylation is 3. The highest BCUT2D eigenvalue weighted by molar-refractivity contribution is 5.66. The first-order valence-corrected chi connectivity index (χ1v) is 8.65. The zero-order valence-electron chi connectivity index (χ0n) is 16.0. The van der Waals surface area contributed by atoms with Gasteiger partial charge in [0.2, 0.25) is 0 Å². The Kier molecular flexibility index (Phi) is 5.07. The van der Waals surface area contributed by atoms with Crippen molar-refractivity contribution in [3.05, 3.63) is 65.5 Å². The third-order valence-corrected chi connectivity index (χ3v) is 4.15. The highest BCUT2D eigenvalue weighted by Crippen LogP contribution is 2.24. The monoisotopic (exact) mass is 347 g/mol. The Labute approximate surface area is 155 Å². The molecule has 0 fully saturated rings. The number of nitrogens with one attached hydrogen (secondary N) is 2. The largest absolute Gasteiger partial charge is 0.378 e. The lowest BCUT2D eigenvalue weighted by atomic mass is 10.1. The van der Waals surface area contributed by atoms with Crippen LogP contribution in [-0.4, -0.2) is 24.1 Å². The molecule has 2 N–H and O–H groups in total. The second-order valence-electron chi connectivity index (χ2n) is 6.70. The van der Waals surface area contributed by atoms with Gasteiger partial charge in [0.25, 0.3) is 0 Å². The maximum absolute atomic E-state index is 4.51. The van der Waals surface area contributed by atoms with Crippen molar-refractivity contribution in [1.29, 1.82) is 0 Å². The van der Waals surface area contributed by atoms with Crippen molar-refractivity contribution in [1.82, 2.24) is 9.97 Å². The van der Waals surface area contributed by atoms with Crippen molar-refractivity contribution in [2.24, 2.45) is 0 Å². The molecule has 5 nitrogen and oxygen atoms in total. The Balaban J connectivity index is 1.82. The average Bonchev–Trinajstić information content (AvgIpc) is 2.58. The molecule has 134 valence electrons. The van der Waals surface area contributed by atoms with Gasteiger partial charge in [-0.2, -0.15) is 0 Å². The number of benzene rings is 2. The van der Waals surface area contributed by atoms with E-state index in [-0.39, 0.29) is 0 Å². The van der Waals surface area contributed by atoms with E-state index >= 15 is 0 Å². The third kappa shape index (κ3) is 4.30. The van der Waals surface area contributed by atoms with Crippen LogP contribution in [0, 0.1) is 20.8 Å². The highest BCUT2D eigenvalue weighted by Gasteiger charge is 2.06. The zero-order valence-corrected chi connectivity index (χ0v) is 16.0. The third-order valence-electron chi connectivity index (χ3n) is 4.15. The van der Waals surface area contributed by atoms with Crippen LogP contribution < -0.4 is 15.5 Å². The van der Waals surface area contributed by atoms with Crippen molar-refractivity contribution in [2.75, 3.05) is 29.6 Å². The van der Waals surface area contributed by atoms with Gasteiger partial charge in [0, 0.05) is 37.2 Å². The molecule has 0 spiro atoms. The number of hydrogen-bond donors (Lipinski definition) is 2. The lowest BCUT2D eigenvalue weighted by Gasteiger charge is -2.14. The SMILES string of the molecule is Cc1ccc(C)c(Nc2cc(Nc3ccc(N(C)C)cc3)nc(C)n2)c1. The molecule has 0 unspecified atom stereocenters. The Morgan fingerprint density at radius 2 is 1.42 bits per heavy atom. The summed E-state index contributed by atoms with van der Waals surface area (Å²) in [6.45, 7) is 6.07. The van der Waals surface area contributed by atoms with Gasteiger partial charge in [-0.1, -0.05) is 12.1 Å². The number of nitrogens with zero attached hydrogens (tertiary/aromatic N) is 3. The molecule has 26 heavy (non-hydrogen) atoms. The molecule has 3 rings (SSSR count). The van der Waals surface area contributed by atoms with Crippen LogP contribution >= 0.6 is 0 Å². The number of anilines is 5. The first-order valence-electron chi connectivity index (χ1n) is 8.65. The van der Waals surface area contributed by atoms with E-state index in [1.807, 2.05) is 39.2 Å². The summed E-state index contributed by atoms with van der Waals surface area (Å²) in [7, 11) is 4.06. The molecule has 0 saturated carbocycles. The summed E-state index contributed by atoms with van der Waals surface area (Å²) in [5.41, 5.74) is 5.60. The summed E-state index contributed by atoms with van der Waals surface area (Å²) >= 11 is 0. The van der Waals surface area contributed by atoms with E-state index in [9.17, 15) is 0 Å². The van der Waals surface area contributed by atoms with Gasteiger partial charge in [0.15, 0.2) is 0 Å². The molecule has 1 aromatic heterocycles. The molecule has 0 aliphatic rings. The van der Waals surface area contributed by atoms with Gasteiger partial charge in [-0.05, 0) is 62.2 Å². The average molecular weight is 347 g/mol. The van der Waals surface area contributed by atoms with Crippen LogP contribution in [-0.2, 0) is 0 Å². The predicted molar refractivity (Wildman–Crippen MR) is 110 cm³/mol. The minimum atomic E-state index is 0.715. The lowest BCUT2D eigenvalue weighted by Crippen LogP contribution is -2.08. The molecule has 5 heteroatoms. The number of hydrogen-bond acceptors (Lipinski definition) is 5. The standard InChI is InChI=1S/C21H25N5/c1-14-6-7-15(2)19(12-14)25-21-13-20(22-16(3)23-21)24-17-8-10-18(11-9-17)26(4)5/h6-13H,1-5H3,(H2,22,23,24,25). The first kappa shape index (κ1) is 17.7. The van der Waals surface area contributed by atoms with Crippen LogP contribution in [0.15, 0.2) is 48.5 Å². The molecule has 0 atom stereocenters. The van der Waals surface area contributed by atoms with Crippen molar-refractivity contribution in [2.45, 2.75) is 20.8 Å². The summed E-state index contributed by atoms with van der Waals surface area (Å²) in [5.74, 6) is 2.26. The molecular weight excluding hydrogens is 322 g/mol. The maximum atomic E-state index is 4.51. The van der Waals surface area contributed by atoms with Gasteiger partial charge in [0.1, 0.15) is 17.5 Å². The normalized spacial score (nSPS) is 10.5. The topological polar surface area (TPSA) is 53.1 Å². The van der Waals surface area contributed by atoms with Gasteiger partial charge in [0.05, 0.1) is 0 Å². The fourth-order valence-electron chi connectivity index (χ4n) is 2.70. The number of rotatable bonds is 5. The molecule has 0 bridgehead atoms. The van der Waals surface area contributed by atoms with Crippen LogP contribution in [0.4, 0.5) is 28.7 Å². The summed E-state index contributed by atoms with van der Waals surface area (Å²) in [6.07, 6.45) is 0. The molecule has 0 saturated heterocycles. The highest BCUT2D eigenvalue weighted by atomic mass is 15.1. The molecule has 0 aliphatic heterocycles. The molecule has 1 heterocycles. The van der Waals surface area contributed by atoms with E-state index in [0.717, 1.165) is 28.7 Å². The van der Waals surface area contributed by atoms with Crippen molar-refractivity contribution in [3.8, 4) is 0 Å². The fraction of sp³-hybridized carbons (Fsp3) is 0.238. The Morgan fingerprint density at radius 3 is 2.08 bits per heavy atom. The first-order chi connectivity index (χ1) is 12.4. The van der Waals surface area contributed by atoms with Crippen LogP contribution in [0.3, 0.4) is 0 Å². The van der Waals surface area contributed by atoms with Gasteiger partial charge < -0.3 is 15.5 Å². The van der Waals surface area contributed by atoms with Crippen LogP contribution in [0.2, 0.25) is 0 Å². The predicted octanol–water partition coefficient (Wildman–Crippen LogP) is 4.96. The van der Waals surface area contributed by atoms with Gasteiger partial charge in [-0.3, -0.25) is 0 Å². The Hall–Kier alpha value is -3.08. The second kappa shape index (κ2) is 7.44. The quantitative estimate of drug-likeness (QED) is 0.683. The summed E-state index contributed by atoms with van der Waals surface area (Å²) in [6, 6.07) is 16.5. The zero-order chi connectivity index (χ0) is 18.7. The van der Waals surface area contributed by atoms with Crippen molar-refractivity contribution < 1.29 is 0 Å². The van der Waals surface area contributed by atoms with Crippen LogP contribution in [0.25, 0.3) is 0 Å². The van der Waals surface area contributed by atoms with E-state index in [1.165, 1.54) is 11.1 Å². The van der Waals surface area contributed by atoms with E-state index in [2.05, 4.69) is 69.7 Å².